The van der Waals surface area contributed by atoms with Crippen molar-refractivity contribution in [1.82, 2.24) is 20.1 Å². The molecule has 0 fully saturated rings. The molecule has 0 atom stereocenters. The number of nitrogens with zero attached hydrogens (tertiary/aromatic N) is 3. The highest BCUT2D eigenvalue weighted by Crippen LogP contribution is 2.17. The van der Waals surface area contributed by atoms with Crippen LogP contribution in [0.3, 0.4) is 0 Å². The molecule has 2 N–H and O–H groups in total. The van der Waals surface area contributed by atoms with Crippen LogP contribution >= 0.6 is 0 Å². The topological polar surface area (TPSA) is 63.0 Å². The Kier molecular flexibility index (Phi) is 3.88. The molecule has 2 aromatic rings. The predicted octanol–water partition coefficient (Wildman–Crippen LogP) is 1.43. The third kappa shape index (κ3) is 2.84. The summed E-state index contributed by atoms with van der Waals surface area (Å²) in [5.41, 5.74) is 0.526. The monoisotopic (exact) mass is 250 g/mol. The summed E-state index contributed by atoms with van der Waals surface area (Å²) in [5.74, 6) is 0.538. The summed E-state index contributed by atoms with van der Waals surface area (Å²) in [6.45, 7) is 3.70. The van der Waals surface area contributed by atoms with Crippen LogP contribution in [0.4, 0.5) is 4.39 Å². The van der Waals surface area contributed by atoms with E-state index in [0.29, 0.717) is 18.7 Å². The van der Waals surface area contributed by atoms with Crippen molar-refractivity contribution in [2.75, 3.05) is 0 Å². The van der Waals surface area contributed by atoms with Crippen molar-refractivity contribution in [2.45, 2.75) is 26.6 Å². The Hall–Kier alpha value is -1.95. The molecule has 6 heteroatoms. The maximum absolute atomic E-state index is 13.0. The SMILES string of the molecule is CCn1cnnc1CNCc1cc(F)ccc1O. The van der Waals surface area contributed by atoms with Gasteiger partial charge in [0.15, 0.2) is 0 Å². The summed E-state index contributed by atoms with van der Waals surface area (Å²) >= 11 is 0. The number of aromatic nitrogens is 3. The largest absolute Gasteiger partial charge is 0.508 e. The normalized spacial score (nSPS) is 10.8. The molecule has 0 aliphatic rings. The first-order chi connectivity index (χ1) is 8.70. The first kappa shape index (κ1) is 12.5. The van der Waals surface area contributed by atoms with Crippen molar-refractivity contribution in [2.24, 2.45) is 0 Å². The van der Waals surface area contributed by atoms with Crippen LogP contribution in [-0.2, 0) is 19.6 Å². The fourth-order valence-electron chi connectivity index (χ4n) is 1.68. The van der Waals surface area contributed by atoms with Gasteiger partial charge in [-0.2, -0.15) is 0 Å². The Bertz CT molecular complexity index is 527. The lowest BCUT2D eigenvalue weighted by Crippen LogP contribution is -2.16. The minimum atomic E-state index is -0.360. The van der Waals surface area contributed by atoms with E-state index in [0.717, 1.165) is 12.4 Å². The quantitative estimate of drug-likeness (QED) is 0.842. The summed E-state index contributed by atoms with van der Waals surface area (Å²) < 4.78 is 14.9. The second-order valence-electron chi connectivity index (χ2n) is 3.91. The molecule has 1 heterocycles. The van der Waals surface area contributed by atoms with Crippen LogP contribution in [0.5, 0.6) is 5.75 Å². The Morgan fingerprint density at radius 1 is 1.39 bits per heavy atom. The van der Waals surface area contributed by atoms with Gasteiger partial charge in [-0.1, -0.05) is 0 Å². The Morgan fingerprint density at radius 3 is 3.00 bits per heavy atom. The lowest BCUT2D eigenvalue weighted by molar-refractivity contribution is 0.460. The number of halogens is 1. The molecule has 1 aromatic carbocycles. The van der Waals surface area contributed by atoms with Crippen molar-refractivity contribution in [3.63, 3.8) is 0 Å². The average molecular weight is 250 g/mol. The number of aromatic hydroxyl groups is 1. The van der Waals surface area contributed by atoms with E-state index in [1.54, 1.807) is 6.33 Å². The summed E-state index contributed by atoms with van der Waals surface area (Å²) in [7, 11) is 0. The lowest BCUT2D eigenvalue weighted by atomic mass is 10.2. The molecular formula is C12H15FN4O. The highest BCUT2D eigenvalue weighted by atomic mass is 19.1. The molecule has 0 unspecified atom stereocenters. The fourth-order valence-corrected chi connectivity index (χ4v) is 1.68. The van der Waals surface area contributed by atoms with E-state index in [2.05, 4.69) is 15.5 Å². The van der Waals surface area contributed by atoms with Crippen molar-refractivity contribution in [3.8, 4) is 5.75 Å². The van der Waals surface area contributed by atoms with Crippen LogP contribution in [0.2, 0.25) is 0 Å². The zero-order chi connectivity index (χ0) is 13.0. The molecule has 0 saturated carbocycles. The number of benzene rings is 1. The van der Waals surface area contributed by atoms with Crippen molar-refractivity contribution in [1.29, 1.82) is 0 Å². The highest BCUT2D eigenvalue weighted by Gasteiger charge is 2.05. The van der Waals surface area contributed by atoms with Crippen LogP contribution in [0.25, 0.3) is 0 Å². The van der Waals surface area contributed by atoms with Gasteiger partial charge in [-0.05, 0) is 25.1 Å². The molecule has 0 amide bonds. The summed E-state index contributed by atoms with van der Waals surface area (Å²) in [4.78, 5) is 0. The Morgan fingerprint density at radius 2 is 2.22 bits per heavy atom. The van der Waals surface area contributed by atoms with Gasteiger partial charge in [-0.25, -0.2) is 4.39 Å². The summed E-state index contributed by atoms with van der Waals surface area (Å²) in [6, 6.07) is 3.89. The van der Waals surface area contributed by atoms with E-state index >= 15 is 0 Å². The smallest absolute Gasteiger partial charge is 0.146 e. The number of aryl methyl sites for hydroxylation is 1. The molecule has 96 valence electrons. The Labute approximate surface area is 104 Å². The molecular weight excluding hydrogens is 235 g/mol. The van der Waals surface area contributed by atoms with Gasteiger partial charge in [0.05, 0.1) is 6.54 Å². The van der Waals surface area contributed by atoms with Crippen LogP contribution in [0.15, 0.2) is 24.5 Å². The minimum absolute atomic E-state index is 0.0841. The molecule has 1 aromatic heterocycles. The molecule has 0 aliphatic carbocycles. The maximum atomic E-state index is 13.0. The average Bonchev–Trinajstić information content (AvgIpc) is 2.81. The van der Waals surface area contributed by atoms with Crippen molar-refractivity contribution in [3.05, 3.63) is 41.7 Å². The fraction of sp³-hybridized carbons (Fsp3) is 0.333. The van der Waals surface area contributed by atoms with Gasteiger partial charge in [0.25, 0.3) is 0 Å². The van der Waals surface area contributed by atoms with E-state index in [1.807, 2.05) is 11.5 Å². The number of hydrogen-bond acceptors (Lipinski definition) is 4. The first-order valence-electron chi connectivity index (χ1n) is 5.75. The van der Waals surface area contributed by atoms with Gasteiger partial charge in [0, 0.05) is 18.7 Å². The predicted molar refractivity (Wildman–Crippen MR) is 64.3 cm³/mol. The van der Waals surface area contributed by atoms with Crippen LogP contribution < -0.4 is 5.32 Å². The summed E-state index contributed by atoms with van der Waals surface area (Å²) in [5, 5.41) is 20.4. The second kappa shape index (κ2) is 5.59. The zero-order valence-corrected chi connectivity index (χ0v) is 10.1. The van der Waals surface area contributed by atoms with Crippen LogP contribution in [0.1, 0.15) is 18.3 Å². The number of nitrogens with one attached hydrogen (secondary N) is 1. The lowest BCUT2D eigenvalue weighted by Gasteiger charge is -2.07. The van der Waals surface area contributed by atoms with Crippen LogP contribution in [0, 0.1) is 5.82 Å². The molecule has 0 bridgehead atoms. The van der Waals surface area contributed by atoms with Gasteiger partial charge in [0.2, 0.25) is 0 Å². The van der Waals surface area contributed by atoms with E-state index in [4.69, 9.17) is 0 Å². The summed E-state index contributed by atoms with van der Waals surface area (Å²) in [6.07, 6.45) is 1.66. The third-order valence-corrected chi connectivity index (χ3v) is 2.68. The second-order valence-corrected chi connectivity index (χ2v) is 3.91. The number of phenolic OH excluding ortho intramolecular Hbond substituents is 1. The molecule has 5 nitrogen and oxygen atoms in total. The number of rotatable bonds is 5. The third-order valence-electron chi connectivity index (χ3n) is 2.68. The highest BCUT2D eigenvalue weighted by molar-refractivity contribution is 5.32. The van der Waals surface area contributed by atoms with Crippen molar-refractivity contribution >= 4 is 0 Å². The number of hydrogen-bond donors (Lipinski definition) is 2. The molecule has 0 saturated heterocycles. The maximum Gasteiger partial charge on any atom is 0.146 e. The first-order valence-corrected chi connectivity index (χ1v) is 5.75. The van der Waals surface area contributed by atoms with Crippen LogP contribution in [-0.4, -0.2) is 19.9 Å². The number of phenols is 1. The zero-order valence-electron chi connectivity index (χ0n) is 10.1. The molecule has 0 aliphatic heterocycles. The van der Waals surface area contributed by atoms with Crippen molar-refractivity contribution < 1.29 is 9.50 Å². The van der Waals surface area contributed by atoms with E-state index in [1.165, 1.54) is 18.2 Å². The molecule has 0 radical (unpaired) electrons. The molecule has 18 heavy (non-hydrogen) atoms. The van der Waals surface area contributed by atoms with Gasteiger partial charge in [-0.3, -0.25) is 0 Å². The van der Waals surface area contributed by atoms with Gasteiger partial charge >= 0.3 is 0 Å². The Balaban J connectivity index is 1.94. The molecule has 2 rings (SSSR count). The van der Waals surface area contributed by atoms with E-state index in [-0.39, 0.29) is 11.6 Å². The standard InChI is InChI=1S/C12H15FN4O/c1-2-17-8-15-16-12(17)7-14-6-9-5-10(13)3-4-11(9)18/h3-5,8,14,18H,2,6-7H2,1H3. The van der Waals surface area contributed by atoms with Gasteiger partial charge in [0.1, 0.15) is 23.7 Å². The van der Waals surface area contributed by atoms with E-state index < -0.39 is 0 Å². The minimum Gasteiger partial charge on any atom is -0.508 e. The van der Waals surface area contributed by atoms with Gasteiger partial charge < -0.3 is 15.0 Å². The van der Waals surface area contributed by atoms with E-state index in [9.17, 15) is 9.50 Å². The molecule has 0 spiro atoms. The van der Waals surface area contributed by atoms with Gasteiger partial charge in [-0.15, -0.1) is 10.2 Å².